The Morgan fingerprint density at radius 2 is 1.70 bits per heavy atom. The van der Waals surface area contributed by atoms with E-state index in [9.17, 15) is 28.1 Å². The summed E-state index contributed by atoms with van der Waals surface area (Å²) in [5, 5.41) is 15.5. The number of carbonyl (C=O) groups is 1. The molecule has 4 rings (SSSR count). The van der Waals surface area contributed by atoms with Crippen LogP contribution in [0, 0.1) is 10.1 Å². The third kappa shape index (κ3) is 8.35. The molecule has 0 atom stereocenters. The third-order valence-electron chi connectivity index (χ3n) is 5.84. The average molecular weight is 737 g/mol. The monoisotopic (exact) mass is 735 g/mol. The fraction of sp³-hybridized carbons (Fsp3) is 0.133. The second kappa shape index (κ2) is 14.4. The Labute approximate surface area is 266 Å². The van der Waals surface area contributed by atoms with Gasteiger partial charge in [0.15, 0.2) is 17.2 Å². The van der Waals surface area contributed by atoms with Crippen molar-refractivity contribution in [3.8, 4) is 23.0 Å². The Balaban J connectivity index is 1.54. The van der Waals surface area contributed by atoms with Crippen LogP contribution in [0.25, 0.3) is 0 Å². The Kier molecular flexibility index (Phi) is 10.6. The van der Waals surface area contributed by atoms with E-state index >= 15 is 0 Å². The van der Waals surface area contributed by atoms with Crippen LogP contribution in [0.15, 0.2) is 92.9 Å². The second-order valence-corrected chi connectivity index (χ2v) is 10.7. The Hall–Kier alpha value is -4.43. The van der Waals surface area contributed by atoms with Crippen molar-refractivity contribution < 1.29 is 37.1 Å². The third-order valence-corrected chi connectivity index (χ3v) is 6.89. The molecule has 0 radical (unpaired) electrons. The van der Waals surface area contributed by atoms with Gasteiger partial charge in [-0.3, -0.25) is 14.9 Å². The Morgan fingerprint density at radius 3 is 2.39 bits per heavy atom. The summed E-state index contributed by atoms with van der Waals surface area (Å²) in [6.07, 6.45) is -3.56. The first kappa shape index (κ1) is 32.5. The molecule has 0 saturated carbocycles. The van der Waals surface area contributed by atoms with Crippen molar-refractivity contribution >= 4 is 49.7 Å². The Bertz CT molecular complexity index is 1700. The molecule has 44 heavy (non-hydrogen) atoms. The van der Waals surface area contributed by atoms with E-state index < -0.39 is 34.0 Å². The SMILES string of the molecule is CCOc1cc(C(=O)N/N=C/c2cc(Br)cc(Br)c2Oc2ccc(C(F)(F)F)cc2[N+](=O)[O-])ccc1OCc1ccccc1. The minimum absolute atomic E-state index is 0.00704. The van der Waals surface area contributed by atoms with Crippen molar-refractivity contribution in [3.05, 3.63) is 120 Å². The molecule has 4 aromatic carbocycles. The summed E-state index contributed by atoms with van der Waals surface area (Å²) in [5.41, 5.74) is 1.74. The maximum absolute atomic E-state index is 13.1. The number of amides is 1. The van der Waals surface area contributed by atoms with Crippen LogP contribution in [-0.4, -0.2) is 23.7 Å². The maximum atomic E-state index is 13.1. The number of hydrazone groups is 1. The van der Waals surface area contributed by atoms with E-state index in [0.29, 0.717) is 45.8 Å². The fourth-order valence-electron chi connectivity index (χ4n) is 3.81. The summed E-state index contributed by atoms with van der Waals surface area (Å²) >= 11 is 6.62. The van der Waals surface area contributed by atoms with Crippen molar-refractivity contribution in [2.75, 3.05) is 6.61 Å². The predicted molar refractivity (Wildman–Crippen MR) is 163 cm³/mol. The van der Waals surface area contributed by atoms with Crippen LogP contribution < -0.4 is 19.6 Å². The van der Waals surface area contributed by atoms with Crippen molar-refractivity contribution in [2.24, 2.45) is 5.10 Å². The van der Waals surface area contributed by atoms with E-state index in [-0.39, 0.29) is 16.9 Å². The minimum Gasteiger partial charge on any atom is -0.490 e. The summed E-state index contributed by atoms with van der Waals surface area (Å²) in [7, 11) is 0. The highest BCUT2D eigenvalue weighted by Gasteiger charge is 2.33. The molecule has 1 N–H and O–H groups in total. The number of benzene rings is 4. The molecule has 0 aliphatic carbocycles. The molecule has 0 aliphatic rings. The highest BCUT2D eigenvalue weighted by atomic mass is 79.9. The molecule has 228 valence electrons. The zero-order valence-electron chi connectivity index (χ0n) is 22.7. The molecule has 0 spiro atoms. The van der Waals surface area contributed by atoms with Gasteiger partial charge in [0.1, 0.15) is 6.61 Å². The molecular weight excluding hydrogens is 715 g/mol. The molecule has 0 fully saturated rings. The Morgan fingerprint density at radius 1 is 0.977 bits per heavy atom. The quantitative estimate of drug-likeness (QED) is 0.0937. The van der Waals surface area contributed by atoms with E-state index in [2.05, 4.69) is 42.4 Å². The summed E-state index contributed by atoms with van der Waals surface area (Å²) in [5.74, 6) is -0.180. The van der Waals surface area contributed by atoms with Gasteiger partial charge in [-0.05, 0) is 70.9 Å². The van der Waals surface area contributed by atoms with E-state index in [1.807, 2.05) is 30.3 Å². The van der Waals surface area contributed by atoms with Crippen LogP contribution in [0.4, 0.5) is 18.9 Å². The number of nitro benzene ring substituents is 1. The largest absolute Gasteiger partial charge is 0.490 e. The van der Waals surface area contributed by atoms with Crippen molar-refractivity contribution in [2.45, 2.75) is 19.7 Å². The molecule has 14 heteroatoms. The standard InChI is InChI=1S/C30H22Br2F3N3O6/c1-2-42-27-13-19(8-10-26(27)43-17-18-6-4-3-5-7-18)29(39)37-36-16-20-12-22(31)15-23(32)28(20)44-25-11-9-21(30(33,34)35)14-24(25)38(40)41/h3-16H,2,17H2,1H3,(H,37,39)/b36-16+. The summed E-state index contributed by atoms with van der Waals surface area (Å²) in [4.78, 5) is 23.4. The lowest BCUT2D eigenvalue weighted by Crippen LogP contribution is -2.18. The minimum atomic E-state index is -4.78. The lowest BCUT2D eigenvalue weighted by atomic mass is 10.1. The van der Waals surface area contributed by atoms with Gasteiger partial charge in [0.25, 0.3) is 5.91 Å². The van der Waals surface area contributed by atoms with E-state index in [0.717, 1.165) is 11.6 Å². The van der Waals surface area contributed by atoms with Crippen LogP contribution in [0.5, 0.6) is 23.0 Å². The van der Waals surface area contributed by atoms with Gasteiger partial charge in [-0.15, -0.1) is 0 Å². The van der Waals surface area contributed by atoms with Crippen LogP contribution in [0.1, 0.15) is 34.0 Å². The number of nitrogens with zero attached hydrogens (tertiary/aromatic N) is 2. The lowest BCUT2D eigenvalue weighted by Gasteiger charge is -2.14. The van der Waals surface area contributed by atoms with Gasteiger partial charge < -0.3 is 14.2 Å². The first-order chi connectivity index (χ1) is 21.0. The molecule has 0 aromatic heterocycles. The second-order valence-electron chi connectivity index (χ2n) is 8.91. The first-order valence-corrected chi connectivity index (χ1v) is 14.3. The number of nitrogens with one attached hydrogen (secondary N) is 1. The van der Waals surface area contributed by atoms with Gasteiger partial charge >= 0.3 is 11.9 Å². The van der Waals surface area contributed by atoms with Crippen molar-refractivity contribution in [3.63, 3.8) is 0 Å². The molecular formula is C30H22Br2F3N3O6. The van der Waals surface area contributed by atoms with Crippen LogP contribution >= 0.6 is 31.9 Å². The van der Waals surface area contributed by atoms with Gasteiger partial charge in [0, 0.05) is 21.7 Å². The van der Waals surface area contributed by atoms with E-state index in [4.69, 9.17) is 14.2 Å². The molecule has 0 saturated heterocycles. The molecule has 0 aliphatic heterocycles. The lowest BCUT2D eigenvalue weighted by molar-refractivity contribution is -0.385. The van der Waals surface area contributed by atoms with Crippen molar-refractivity contribution in [1.29, 1.82) is 0 Å². The normalized spacial score (nSPS) is 11.3. The molecule has 0 bridgehead atoms. The number of rotatable bonds is 11. The van der Waals surface area contributed by atoms with E-state index in [1.54, 1.807) is 25.1 Å². The molecule has 0 unspecified atom stereocenters. The number of nitro groups is 1. The summed E-state index contributed by atoms with van der Waals surface area (Å²) in [6.45, 7) is 2.44. The van der Waals surface area contributed by atoms with Gasteiger partial charge in [-0.2, -0.15) is 18.3 Å². The summed E-state index contributed by atoms with van der Waals surface area (Å²) < 4.78 is 57.5. The molecule has 0 heterocycles. The van der Waals surface area contributed by atoms with Crippen LogP contribution in [0.3, 0.4) is 0 Å². The molecule has 9 nitrogen and oxygen atoms in total. The number of halogens is 5. The highest BCUT2D eigenvalue weighted by Crippen LogP contribution is 2.41. The number of alkyl halides is 3. The van der Waals surface area contributed by atoms with E-state index in [1.165, 1.54) is 18.3 Å². The van der Waals surface area contributed by atoms with Gasteiger partial charge in [-0.1, -0.05) is 46.3 Å². The molecule has 1 amide bonds. The topological polar surface area (TPSA) is 112 Å². The number of hydrogen-bond donors (Lipinski definition) is 1. The zero-order chi connectivity index (χ0) is 31.9. The fourth-order valence-corrected chi connectivity index (χ4v) is 5.15. The molecule has 4 aromatic rings. The predicted octanol–water partition coefficient (Wildman–Crippen LogP) is 8.67. The smallest absolute Gasteiger partial charge is 0.416 e. The van der Waals surface area contributed by atoms with Gasteiger partial charge in [0.05, 0.1) is 27.8 Å². The number of ether oxygens (including phenoxy) is 3. The zero-order valence-corrected chi connectivity index (χ0v) is 25.9. The van der Waals surface area contributed by atoms with Crippen LogP contribution in [0.2, 0.25) is 0 Å². The van der Waals surface area contributed by atoms with Gasteiger partial charge in [-0.25, -0.2) is 5.43 Å². The number of hydrogen-bond acceptors (Lipinski definition) is 7. The average Bonchev–Trinajstić information content (AvgIpc) is 2.98. The maximum Gasteiger partial charge on any atom is 0.416 e. The highest BCUT2D eigenvalue weighted by molar-refractivity contribution is 9.11. The number of carbonyl (C=O) groups excluding carboxylic acids is 1. The van der Waals surface area contributed by atoms with Crippen molar-refractivity contribution in [1.82, 2.24) is 5.43 Å². The summed E-state index contributed by atoms with van der Waals surface area (Å²) in [6, 6.07) is 19.3. The van der Waals surface area contributed by atoms with Crippen LogP contribution in [-0.2, 0) is 12.8 Å². The first-order valence-electron chi connectivity index (χ1n) is 12.8. The van der Waals surface area contributed by atoms with Gasteiger partial charge in [0.2, 0.25) is 5.75 Å².